The van der Waals surface area contributed by atoms with Crippen LogP contribution in [-0.2, 0) is 15.0 Å². The van der Waals surface area contributed by atoms with E-state index in [-0.39, 0.29) is 44.9 Å². The van der Waals surface area contributed by atoms with Crippen molar-refractivity contribution in [3.05, 3.63) is 67.7 Å². The van der Waals surface area contributed by atoms with Gasteiger partial charge in [0.25, 0.3) is 11.8 Å². The van der Waals surface area contributed by atoms with E-state index < -0.39 is 54.6 Å². The monoisotopic (exact) mass is 610 g/mol. The summed E-state index contributed by atoms with van der Waals surface area (Å²) in [6.07, 6.45) is -5.43. The number of benzene rings is 2. The van der Waals surface area contributed by atoms with Gasteiger partial charge in [-0.1, -0.05) is 46.9 Å². The Morgan fingerprint density at radius 1 is 1.13 bits per heavy atom. The number of halogens is 8. The molecule has 1 fully saturated rings. The number of nitrogens with zero attached hydrogens (tertiary/aromatic N) is 2. The molecule has 0 saturated carbocycles. The second-order valence-corrected chi connectivity index (χ2v) is 11.1. The van der Waals surface area contributed by atoms with Gasteiger partial charge < -0.3 is 0 Å². The summed E-state index contributed by atoms with van der Waals surface area (Å²) in [7, 11) is 0. The van der Waals surface area contributed by atoms with Crippen LogP contribution in [0.3, 0.4) is 0 Å². The number of hydroxylamine groups is 2. The van der Waals surface area contributed by atoms with E-state index in [1.54, 1.807) is 13.0 Å². The highest BCUT2D eigenvalue weighted by molar-refractivity contribution is 6.48. The quantitative estimate of drug-likeness (QED) is 0.188. The van der Waals surface area contributed by atoms with Gasteiger partial charge in [-0.3, -0.25) is 19.4 Å². The predicted octanol–water partition coefficient (Wildman–Crippen LogP) is 7.27. The van der Waals surface area contributed by atoms with E-state index in [1.807, 2.05) is 0 Å². The largest absolute Gasteiger partial charge is 0.400 e. The van der Waals surface area contributed by atoms with Gasteiger partial charge in [-0.05, 0) is 41.8 Å². The van der Waals surface area contributed by atoms with Gasteiger partial charge in [0.2, 0.25) is 0 Å². The van der Waals surface area contributed by atoms with Gasteiger partial charge in [-0.2, -0.15) is 13.2 Å². The first-order valence-corrected chi connectivity index (χ1v) is 12.9. The topological polar surface area (TPSA) is 59.0 Å². The Balaban J connectivity index is 1.52. The van der Waals surface area contributed by atoms with Crippen molar-refractivity contribution in [1.82, 2.24) is 5.06 Å². The fourth-order valence-electron chi connectivity index (χ4n) is 4.73. The zero-order valence-electron chi connectivity index (χ0n) is 20.6. The van der Waals surface area contributed by atoms with E-state index in [2.05, 4.69) is 4.99 Å². The van der Waals surface area contributed by atoms with Crippen molar-refractivity contribution in [1.29, 1.82) is 0 Å². The Labute approximate surface area is 235 Å². The van der Waals surface area contributed by atoms with Crippen LogP contribution in [0, 0.1) is 12.8 Å². The molecule has 39 heavy (non-hydrogen) atoms. The summed E-state index contributed by atoms with van der Waals surface area (Å²) in [5, 5.41) is 0.316. The minimum Gasteiger partial charge on any atom is -0.294 e. The number of aryl methyl sites for hydroxylation is 1. The zero-order valence-corrected chi connectivity index (χ0v) is 22.9. The molecule has 2 aliphatic heterocycles. The molecule has 1 saturated heterocycles. The van der Waals surface area contributed by atoms with Crippen molar-refractivity contribution in [2.45, 2.75) is 44.2 Å². The number of hydrogen-bond acceptors (Lipinski definition) is 4. The van der Waals surface area contributed by atoms with Crippen LogP contribution in [0.25, 0.3) is 0 Å². The molecule has 0 radical (unpaired) electrons. The highest BCUT2D eigenvalue weighted by atomic mass is 35.5. The molecular weight excluding hydrogens is 590 g/mol. The third-order valence-electron chi connectivity index (χ3n) is 6.83. The Kier molecular flexibility index (Phi) is 8.08. The Morgan fingerprint density at radius 3 is 2.33 bits per heavy atom. The van der Waals surface area contributed by atoms with E-state index >= 15 is 0 Å². The molecule has 0 aromatic heterocycles. The van der Waals surface area contributed by atoms with Gasteiger partial charge in [0.05, 0.1) is 34.1 Å². The van der Waals surface area contributed by atoms with Crippen molar-refractivity contribution in [3.8, 4) is 0 Å². The molecule has 5 nitrogen and oxygen atoms in total. The van der Waals surface area contributed by atoms with Gasteiger partial charge in [0.15, 0.2) is 5.78 Å². The van der Waals surface area contributed by atoms with E-state index in [4.69, 9.17) is 39.6 Å². The molecule has 2 aromatic carbocycles. The molecule has 2 heterocycles. The first-order valence-electron chi connectivity index (χ1n) is 11.7. The van der Waals surface area contributed by atoms with Crippen LogP contribution in [0.15, 0.2) is 35.3 Å². The van der Waals surface area contributed by atoms with Gasteiger partial charge in [0.1, 0.15) is 12.0 Å². The van der Waals surface area contributed by atoms with Crippen molar-refractivity contribution in [2.75, 3.05) is 19.7 Å². The number of ketones is 1. The highest BCUT2D eigenvalue weighted by Crippen LogP contribution is 2.49. The maximum atomic E-state index is 14.4. The van der Waals surface area contributed by atoms with E-state index in [0.717, 1.165) is 12.1 Å². The lowest BCUT2D eigenvalue weighted by molar-refractivity contribution is -0.183. The number of aliphatic imine (C=N–C) groups is 1. The molecule has 1 amide bonds. The number of rotatable bonds is 7. The molecule has 0 bridgehead atoms. The smallest absolute Gasteiger partial charge is 0.294 e. The van der Waals surface area contributed by atoms with Crippen LogP contribution in [0.1, 0.15) is 46.8 Å². The molecule has 2 aliphatic rings. The molecule has 1 unspecified atom stereocenters. The number of alkyl halides is 5. The van der Waals surface area contributed by atoms with Crippen molar-refractivity contribution < 1.29 is 36.4 Å². The summed E-state index contributed by atoms with van der Waals surface area (Å²) in [5.74, 6) is -5.19. The first-order chi connectivity index (χ1) is 18.0. The summed E-state index contributed by atoms with van der Waals surface area (Å²) >= 11 is 18.0. The van der Waals surface area contributed by atoms with Gasteiger partial charge >= 0.3 is 6.18 Å². The first kappa shape index (κ1) is 29.7. The molecule has 2 atom stereocenters. The summed E-state index contributed by atoms with van der Waals surface area (Å²) in [4.78, 5) is 34.5. The number of hydrogen-bond donors (Lipinski definition) is 0. The van der Waals surface area contributed by atoms with Gasteiger partial charge in [-0.25, -0.2) is 13.8 Å². The van der Waals surface area contributed by atoms with Gasteiger partial charge in [0, 0.05) is 31.0 Å². The van der Waals surface area contributed by atoms with E-state index in [9.17, 15) is 31.5 Å². The average Bonchev–Trinajstić information content (AvgIpc) is 3.42. The maximum absolute atomic E-state index is 14.4. The molecule has 210 valence electrons. The number of carbonyl (C=O) groups excluding carboxylic acids is 2. The van der Waals surface area contributed by atoms with Crippen LogP contribution in [0.4, 0.5) is 22.0 Å². The molecule has 0 aliphatic carbocycles. The average molecular weight is 612 g/mol. The number of carbonyl (C=O) groups is 2. The Morgan fingerprint density at radius 2 is 1.77 bits per heavy atom. The lowest BCUT2D eigenvalue weighted by atomic mass is 9.76. The van der Waals surface area contributed by atoms with Crippen LogP contribution < -0.4 is 0 Å². The van der Waals surface area contributed by atoms with Crippen LogP contribution >= 0.6 is 34.8 Å². The second-order valence-electron chi connectivity index (χ2n) is 9.87. The summed E-state index contributed by atoms with van der Waals surface area (Å²) < 4.78 is 69.8. The third kappa shape index (κ3) is 5.94. The van der Waals surface area contributed by atoms with Crippen molar-refractivity contribution >= 4 is 52.2 Å². The second kappa shape index (κ2) is 10.6. The fourth-order valence-corrected chi connectivity index (χ4v) is 5.33. The zero-order chi connectivity index (χ0) is 28.9. The summed E-state index contributed by atoms with van der Waals surface area (Å²) in [6.45, 7) is 0.559. The molecular formula is C26H22Cl3F5N2O3. The number of Topliss-reactive ketones (excluding diaryl/α,β-unsaturated/α-hetero) is 1. The molecule has 4 rings (SSSR count). The normalized spacial score (nSPS) is 22.0. The van der Waals surface area contributed by atoms with Crippen LogP contribution in [0.5, 0.6) is 0 Å². The lowest BCUT2D eigenvalue weighted by Gasteiger charge is -2.32. The predicted molar refractivity (Wildman–Crippen MR) is 137 cm³/mol. The van der Waals surface area contributed by atoms with Crippen LogP contribution in [0.2, 0.25) is 15.1 Å². The van der Waals surface area contributed by atoms with Crippen molar-refractivity contribution in [3.63, 3.8) is 0 Å². The van der Waals surface area contributed by atoms with Gasteiger partial charge in [-0.15, -0.1) is 0 Å². The van der Waals surface area contributed by atoms with E-state index in [0.29, 0.717) is 23.1 Å². The highest BCUT2D eigenvalue weighted by Gasteiger charge is 2.58. The summed E-state index contributed by atoms with van der Waals surface area (Å²) in [6, 6.07) is 6.79. The Bertz CT molecular complexity index is 1340. The fraction of sp³-hybridized carbons (Fsp3) is 0.423. The van der Waals surface area contributed by atoms with Crippen molar-refractivity contribution in [2.24, 2.45) is 10.9 Å². The number of amides is 1. The maximum Gasteiger partial charge on any atom is 0.400 e. The van der Waals surface area contributed by atoms with Crippen LogP contribution in [-0.4, -0.2) is 54.3 Å². The molecule has 0 N–H and O–H groups in total. The summed E-state index contributed by atoms with van der Waals surface area (Å²) in [5.41, 5.74) is -1.22. The molecule has 0 spiro atoms. The Hall–Kier alpha value is -2.27. The minimum atomic E-state index is -4.69. The molecule has 2 aromatic rings. The minimum absolute atomic E-state index is 0.0451. The molecule has 13 heteroatoms. The lowest BCUT2D eigenvalue weighted by Crippen LogP contribution is -2.43. The SMILES string of the molecule is Cc1cc(C2=NCC(c3cc(Cl)c(Cl)c(Cl)c3)(C(F)(F)F)C2)ccc1C(=O)C[C@@H]1CON(CC(C)(F)F)C1=O. The third-order valence-corrected chi connectivity index (χ3v) is 8.02. The standard InChI is InChI=1S/C26H22Cl3F5N2O3/c1-13-5-14(3-4-17(13)21(37)6-15-10-39-36(23(15)38)12-24(2,30)31)20-9-25(11-35-20,26(32,33)34)16-7-18(27)22(29)19(28)8-16/h3-5,7-8,15H,6,9-12H2,1-2H3/t15-,25?/m1/s1. The van der Waals surface area contributed by atoms with E-state index in [1.165, 1.54) is 12.1 Å².